The van der Waals surface area contributed by atoms with Crippen LogP contribution < -0.4 is 14.8 Å². The van der Waals surface area contributed by atoms with E-state index in [1.54, 1.807) is 0 Å². The molecule has 0 bridgehead atoms. The summed E-state index contributed by atoms with van der Waals surface area (Å²) in [5, 5.41) is 3.46. The molecule has 2 aliphatic heterocycles. The fourth-order valence-electron chi connectivity index (χ4n) is 3.74. The Morgan fingerprint density at radius 2 is 1.81 bits per heavy atom. The average Bonchev–Trinajstić information content (AvgIpc) is 2.51. The Bertz CT molecular complexity index is 496. The third kappa shape index (κ3) is 2.62. The van der Waals surface area contributed by atoms with Gasteiger partial charge in [0.1, 0.15) is 13.2 Å². The number of nitrogens with one attached hydrogen (secondary N) is 1. The molecule has 4 rings (SSSR count). The Hall–Kier alpha value is -1.26. The van der Waals surface area contributed by atoms with Crippen LogP contribution in [-0.4, -0.2) is 44.3 Å². The van der Waals surface area contributed by atoms with Crippen LogP contribution in [0.5, 0.6) is 11.5 Å². The fraction of sp³-hybridized carbons (Fsp3) is 0.647. The molecule has 3 aliphatic rings. The van der Waals surface area contributed by atoms with Gasteiger partial charge in [0, 0.05) is 32.2 Å². The number of ether oxygens (including phenoxy) is 2. The molecule has 4 nitrogen and oxygen atoms in total. The lowest BCUT2D eigenvalue weighted by Crippen LogP contribution is -2.47. The van der Waals surface area contributed by atoms with Crippen molar-refractivity contribution in [2.75, 3.05) is 39.4 Å². The van der Waals surface area contributed by atoms with Crippen LogP contribution in [0, 0.1) is 5.92 Å². The maximum atomic E-state index is 5.78. The largest absolute Gasteiger partial charge is 0.486 e. The first-order chi connectivity index (χ1) is 10.4. The van der Waals surface area contributed by atoms with Crippen molar-refractivity contribution in [1.82, 2.24) is 10.2 Å². The first-order valence-corrected chi connectivity index (χ1v) is 8.26. The molecule has 0 amide bonds. The van der Waals surface area contributed by atoms with Gasteiger partial charge in [-0.05, 0) is 36.5 Å². The van der Waals surface area contributed by atoms with E-state index in [9.17, 15) is 0 Å². The first-order valence-electron chi connectivity index (χ1n) is 8.26. The van der Waals surface area contributed by atoms with Gasteiger partial charge in [-0.2, -0.15) is 0 Å². The number of nitrogens with zero attached hydrogens (tertiary/aromatic N) is 1. The van der Waals surface area contributed by atoms with Crippen LogP contribution in [0.2, 0.25) is 0 Å². The minimum Gasteiger partial charge on any atom is -0.486 e. The summed E-state index contributed by atoms with van der Waals surface area (Å²) >= 11 is 0. The molecule has 114 valence electrons. The molecule has 2 fully saturated rings. The molecule has 0 unspecified atom stereocenters. The predicted molar refractivity (Wildman–Crippen MR) is 82.0 cm³/mol. The normalized spacial score (nSPS) is 24.4. The highest BCUT2D eigenvalue weighted by molar-refractivity contribution is 5.45. The van der Waals surface area contributed by atoms with Crippen molar-refractivity contribution in [3.8, 4) is 11.5 Å². The van der Waals surface area contributed by atoms with E-state index < -0.39 is 0 Å². The Morgan fingerprint density at radius 3 is 2.52 bits per heavy atom. The van der Waals surface area contributed by atoms with E-state index in [1.165, 1.54) is 24.8 Å². The topological polar surface area (TPSA) is 33.7 Å². The Kier molecular flexibility index (Phi) is 3.74. The number of rotatable bonds is 3. The zero-order valence-corrected chi connectivity index (χ0v) is 12.5. The molecular formula is C17H24N2O2. The Morgan fingerprint density at radius 1 is 1.05 bits per heavy atom. The van der Waals surface area contributed by atoms with Gasteiger partial charge in [-0.15, -0.1) is 0 Å². The van der Waals surface area contributed by atoms with Crippen molar-refractivity contribution in [1.29, 1.82) is 0 Å². The number of benzene rings is 1. The molecule has 4 heteroatoms. The molecular weight excluding hydrogens is 264 g/mol. The summed E-state index contributed by atoms with van der Waals surface area (Å²) in [6.45, 7) is 5.83. The first kappa shape index (κ1) is 13.4. The van der Waals surface area contributed by atoms with Crippen LogP contribution >= 0.6 is 0 Å². The highest BCUT2D eigenvalue weighted by atomic mass is 16.6. The van der Waals surface area contributed by atoms with Crippen LogP contribution in [0.25, 0.3) is 0 Å². The molecule has 1 aliphatic carbocycles. The number of hydrogen-bond donors (Lipinski definition) is 1. The van der Waals surface area contributed by atoms with Crippen LogP contribution in [0.1, 0.15) is 30.9 Å². The van der Waals surface area contributed by atoms with Gasteiger partial charge in [-0.3, -0.25) is 4.90 Å². The van der Waals surface area contributed by atoms with Crippen LogP contribution in [0.15, 0.2) is 18.2 Å². The summed E-state index contributed by atoms with van der Waals surface area (Å²) in [7, 11) is 0. The van der Waals surface area contributed by atoms with Gasteiger partial charge < -0.3 is 14.8 Å². The van der Waals surface area contributed by atoms with Gasteiger partial charge >= 0.3 is 0 Å². The quantitative estimate of drug-likeness (QED) is 0.924. The van der Waals surface area contributed by atoms with Crippen molar-refractivity contribution in [3.63, 3.8) is 0 Å². The molecule has 1 N–H and O–H groups in total. The molecule has 0 spiro atoms. The van der Waals surface area contributed by atoms with E-state index in [4.69, 9.17) is 9.47 Å². The maximum absolute atomic E-state index is 5.78. The second-order valence-corrected chi connectivity index (χ2v) is 6.32. The molecule has 1 aromatic carbocycles. The number of fused-ring (bicyclic) bond motifs is 1. The second kappa shape index (κ2) is 5.85. The van der Waals surface area contributed by atoms with E-state index in [-0.39, 0.29) is 0 Å². The van der Waals surface area contributed by atoms with Crippen molar-refractivity contribution in [3.05, 3.63) is 23.8 Å². The fourth-order valence-corrected chi connectivity index (χ4v) is 3.74. The minimum atomic E-state index is 0.552. The summed E-state index contributed by atoms with van der Waals surface area (Å²) in [5.41, 5.74) is 1.41. The second-order valence-electron chi connectivity index (χ2n) is 6.32. The minimum absolute atomic E-state index is 0.552. The lowest BCUT2D eigenvalue weighted by atomic mass is 9.76. The Labute approximate surface area is 126 Å². The number of piperazine rings is 1. The average molecular weight is 288 g/mol. The predicted octanol–water partition coefficient (Wildman–Crippen LogP) is 2.20. The van der Waals surface area contributed by atoms with Gasteiger partial charge in [-0.25, -0.2) is 0 Å². The summed E-state index contributed by atoms with van der Waals surface area (Å²) in [6.07, 6.45) is 4.11. The lowest BCUT2D eigenvalue weighted by molar-refractivity contribution is 0.0831. The molecule has 1 atom stereocenters. The molecule has 2 heterocycles. The van der Waals surface area contributed by atoms with Crippen LogP contribution in [0.4, 0.5) is 0 Å². The lowest BCUT2D eigenvalue weighted by Gasteiger charge is -2.43. The molecule has 21 heavy (non-hydrogen) atoms. The van der Waals surface area contributed by atoms with E-state index in [0.717, 1.165) is 43.6 Å². The van der Waals surface area contributed by atoms with Gasteiger partial charge in [0.15, 0.2) is 11.5 Å². The van der Waals surface area contributed by atoms with Crippen LogP contribution in [-0.2, 0) is 0 Å². The van der Waals surface area contributed by atoms with Crippen molar-refractivity contribution in [2.24, 2.45) is 5.92 Å². The zero-order valence-electron chi connectivity index (χ0n) is 12.5. The highest BCUT2D eigenvalue weighted by Crippen LogP contribution is 2.43. The van der Waals surface area contributed by atoms with E-state index in [0.29, 0.717) is 19.3 Å². The molecule has 1 saturated heterocycles. The van der Waals surface area contributed by atoms with Gasteiger partial charge in [0.25, 0.3) is 0 Å². The van der Waals surface area contributed by atoms with E-state index in [2.05, 4.69) is 28.4 Å². The van der Waals surface area contributed by atoms with Gasteiger partial charge in [0.2, 0.25) is 0 Å². The molecule has 1 aromatic rings. The summed E-state index contributed by atoms with van der Waals surface area (Å²) in [6, 6.07) is 7.12. The Balaban J connectivity index is 1.62. The smallest absolute Gasteiger partial charge is 0.161 e. The highest BCUT2D eigenvalue weighted by Gasteiger charge is 2.34. The molecule has 0 aromatic heterocycles. The van der Waals surface area contributed by atoms with E-state index >= 15 is 0 Å². The van der Waals surface area contributed by atoms with Crippen molar-refractivity contribution in [2.45, 2.75) is 25.3 Å². The summed E-state index contributed by atoms with van der Waals surface area (Å²) in [4.78, 5) is 2.66. The SMILES string of the molecule is c1cc2c(cc1[C@@H](C1CCC1)N1CCNCC1)OCCO2. The number of hydrogen-bond acceptors (Lipinski definition) is 4. The van der Waals surface area contributed by atoms with Gasteiger partial charge in [-0.1, -0.05) is 12.5 Å². The van der Waals surface area contributed by atoms with Crippen molar-refractivity contribution < 1.29 is 9.47 Å². The van der Waals surface area contributed by atoms with Gasteiger partial charge in [0.05, 0.1) is 0 Å². The van der Waals surface area contributed by atoms with Crippen LogP contribution in [0.3, 0.4) is 0 Å². The summed E-state index contributed by atoms with van der Waals surface area (Å²) < 4.78 is 11.4. The maximum Gasteiger partial charge on any atom is 0.161 e. The third-order valence-electron chi connectivity index (χ3n) is 5.05. The molecule has 0 radical (unpaired) electrons. The third-order valence-corrected chi connectivity index (χ3v) is 5.05. The van der Waals surface area contributed by atoms with Crippen molar-refractivity contribution >= 4 is 0 Å². The zero-order chi connectivity index (χ0) is 14.1. The monoisotopic (exact) mass is 288 g/mol. The molecule has 1 saturated carbocycles. The van der Waals surface area contributed by atoms with E-state index in [1.807, 2.05) is 0 Å². The standard InChI is InChI=1S/C17H24N2O2/c1-2-13(3-1)17(19-8-6-18-7-9-19)14-4-5-15-16(12-14)21-11-10-20-15/h4-5,12-13,17-18H,1-3,6-11H2/t17-/m1/s1. The summed E-state index contributed by atoms with van der Waals surface area (Å²) in [5.74, 6) is 2.64.